The molecule has 0 aromatic carbocycles. The minimum atomic E-state index is -3.85. The third-order valence-electron chi connectivity index (χ3n) is 2.07. The Labute approximate surface area is 71.8 Å². The molecule has 0 aromatic heterocycles. The Bertz CT molecular complexity index is 238. The lowest BCUT2D eigenvalue weighted by atomic mass is 10.1. The summed E-state index contributed by atoms with van der Waals surface area (Å²) in [7, 11) is -3.85. The van der Waals surface area contributed by atoms with Gasteiger partial charge in [0.25, 0.3) is 0 Å². The molecular formula is C6H13NO4S. The summed E-state index contributed by atoms with van der Waals surface area (Å²) in [4.78, 5) is 0. The van der Waals surface area contributed by atoms with Crippen molar-refractivity contribution in [3.8, 4) is 0 Å². The van der Waals surface area contributed by atoms with Crippen molar-refractivity contribution in [2.24, 2.45) is 11.1 Å². The fourth-order valence-electron chi connectivity index (χ4n) is 1.39. The van der Waals surface area contributed by atoms with E-state index in [2.05, 4.69) is 9.32 Å². The Morgan fingerprint density at radius 2 is 2.17 bits per heavy atom. The van der Waals surface area contributed by atoms with Gasteiger partial charge in [-0.2, -0.15) is 8.42 Å². The minimum absolute atomic E-state index is 0.000000000000000222. The van der Waals surface area contributed by atoms with Gasteiger partial charge in [0, 0.05) is 5.92 Å². The highest BCUT2D eigenvalue weighted by atomic mass is 32.2. The van der Waals surface area contributed by atoms with Crippen LogP contribution in [-0.4, -0.2) is 26.2 Å². The van der Waals surface area contributed by atoms with Crippen molar-refractivity contribution in [3.63, 3.8) is 0 Å². The third kappa shape index (κ3) is 3.06. The SMILES string of the molecule is NS(=O)(=O)OC[C@@H]1CCC[C@@H]1O. The van der Waals surface area contributed by atoms with E-state index in [1.165, 1.54) is 0 Å². The van der Waals surface area contributed by atoms with E-state index >= 15 is 0 Å². The Morgan fingerprint density at radius 1 is 1.50 bits per heavy atom. The zero-order valence-corrected chi connectivity index (χ0v) is 7.46. The molecule has 1 fully saturated rings. The van der Waals surface area contributed by atoms with Crippen LogP contribution >= 0.6 is 0 Å². The van der Waals surface area contributed by atoms with Gasteiger partial charge in [0.15, 0.2) is 0 Å². The van der Waals surface area contributed by atoms with Crippen LogP contribution in [0.4, 0.5) is 0 Å². The second-order valence-corrected chi connectivity index (χ2v) is 4.26. The van der Waals surface area contributed by atoms with Crippen LogP contribution in [0.5, 0.6) is 0 Å². The van der Waals surface area contributed by atoms with Gasteiger partial charge in [0.2, 0.25) is 0 Å². The normalized spacial score (nSPS) is 30.8. The van der Waals surface area contributed by atoms with E-state index in [0.717, 1.165) is 19.3 Å². The fraction of sp³-hybridized carbons (Fsp3) is 1.00. The first kappa shape index (κ1) is 9.91. The van der Waals surface area contributed by atoms with Crippen LogP contribution in [0.15, 0.2) is 0 Å². The second kappa shape index (κ2) is 3.69. The van der Waals surface area contributed by atoms with E-state index in [1.807, 2.05) is 0 Å². The van der Waals surface area contributed by atoms with Gasteiger partial charge in [0.1, 0.15) is 0 Å². The molecule has 0 unspecified atom stereocenters. The summed E-state index contributed by atoms with van der Waals surface area (Å²) in [5.41, 5.74) is 0. The zero-order valence-electron chi connectivity index (χ0n) is 6.64. The molecule has 0 aromatic rings. The minimum Gasteiger partial charge on any atom is -0.393 e. The van der Waals surface area contributed by atoms with Crippen molar-refractivity contribution in [1.29, 1.82) is 0 Å². The van der Waals surface area contributed by atoms with Gasteiger partial charge < -0.3 is 5.11 Å². The van der Waals surface area contributed by atoms with E-state index < -0.39 is 16.4 Å². The molecule has 0 heterocycles. The van der Waals surface area contributed by atoms with Crippen LogP contribution in [0.3, 0.4) is 0 Å². The molecule has 1 aliphatic carbocycles. The predicted octanol–water partition coefficient (Wildman–Crippen LogP) is -0.633. The molecule has 0 amide bonds. The largest absolute Gasteiger partial charge is 0.393 e. The molecule has 1 saturated carbocycles. The molecule has 12 heavy (non-hydrogen) atoms. The summed E-state index contributed by atoms with van der Waals surface area (Å²) in [6.07, 6.45) is 2.00. The molecule has 0 bridgehead atoms. The summed E-state index contributed by atoms with van der Waals surface area (Å²) < 4.78 is 25.1. The van der Waals surface area contributed by atoms with E-state index in [1.54, 1.807) is 0 Å². The zero-order chi connectivity index (χ0) is 9.19. The van der Waals surface area contributed by atoms with Crippen LogP contribution in [0, 0.1) is 5.92 Å². The molecule has 0 radical (unpaired) electrons. The van der Waals surface area contributed by atoms with Crippen molar-refractivity contribution < 1.29 is 17.7 Å². The van der Waals surface area contributed by atoms with Gasteiger partial charge in [-0.3, -0.25) is 4.18 Å². The van der Waals surface area contributed by atoms with Gasteiger partial charge in [-0.15, -0.1) is 0 Å². The molecule has 2 atom stereocenters. The number of nitrogens with two attached hydrogens (primary N) is 1. The summed E-state index contributed by atoms with van der Waals surface area (Å²) in [5.74, 6) is -0.0803. The maximum Gasteiger partial charge on any atom is 0.333 e. The average Bonchev–Trinajstić information content (AvgIpc) is 2.29. The quantitative estimate of drug-likeness (QED) is 0.627. The summed E-state index contributed by atoms with van der Waals surface area (Å²) in [5, 5.41) is 13.9. The lowest BCUT2D eigenvalue weighted by molar-refractivity contribution is 0.101. The monoisotopic (exact) mass is 195 g/mol. The molecule has 0 saturated heterocycles. The van der Waals surface area contributed by atoms with Gasteiger partial charge >= 0.3 is 10.3 Å². The smallest absolute Gasteiger partial charge is 0.333 e. The van der Waals surface area contributed by atoms with Crippen molar-refractivity contribution >= 4 is 10.3 Å². The summed E-state index contributed by atoms with van der Waals surface area (Å²) in [6, 6.07) is 0. The van der Waals surface area contributed by atoms with Crippen LogP contribution in [0.1, 0.15) is 19.3 Å². The van der Waals surface area contributed by atoms with E-state index in [0.29, 0.717) is 0 Å². The third-order valence-corrected chi connectivity index (χ3v) is 2.53. The molecule has 0 aliphatic heterocycles. The first-order valence-corrected chi connectivity index (χ1v) is 5.31. The molecule has 0 spiro atoms. The van der Waals surface area contributed by atoms with Gasteiger partial charge in [-0.05, 0) is 12.8 Å². The van der Waals surface area contributed by atoms with Crippen LogP contribution in [-0.2, 0) is 14.5 Å². The average molecular weight is 195 g/mol. The second-order valence-electron chi connectivity index (χ2n) is 3.04. The first-order valence-electron chi connectivity index (χ1n) is 3.84. The van der Waals surface area contributed by atoms with Gasteiger partial charge in [0.05, 0.1) is 12.7 Å². The molecule has 3 N–H and O–H groups in total. The van der Waals surface area contributed by atoms with Crippen LogP contribution < -0.4 is 5.14 Å². The molecular weight excluding hydrogens is 182 g/mol. The maximum atomic E-state index is 10.4. The highest BCUT2D eigenvalue weighted by molar-refractivity contribution is 7.84. The summed E-state index contributed by atoms with van der Waals surface area (Å²) in [6.45, 7) is 0.000000000000000222. The standard InChI is InChI=1S/C6H13NO4S/c7-12(9,10)11-4-5-2-1-3-6(5)8/h5-6,8H,1-4H2,(H2,7,9,10)/t5-,6-/m0/s1. The van der Waals surface area contributed by atoms with Crippen molar-refractivity contribution in [2.75, 3.05) is 6.61 Å². The highest BCUT2D eigenvalue weighted by Gasteiger charge is 2.26. The maximum absolute atomic E-state index is 10.4. The first-order chi connectivity index (χ1) is 5.49. The van der Waals surface area contributed by atoms with Crippen LogP contribution in [0.25, 0.3) is 0 Å². The lowest BCUT2D eigenvalue weighted by Crippen LogP contribution is -2.24. The molecule has 72 valence electrons. The number of hydrogen-bond acceptors (Lipinski definition) is 4. The van der Waals surface area contributed by atoms with Gasteiger partial charge in [-0.1, -0.05) is 6.42 Å². The van der Waals surface area contributed by atoms with E-state index in [9.17, 15) is 13.5 Å². The molecule has 1 aliphatic rings. The summed E-state index contributed by atoms with van der Waals surface area (Å²) >= 11 is 0. The number of aliphatic hydroxyl groups excluding tert-OH is 1. The molecule has 6 heteroatoms. The van der Waals surface area contributed by atoms with E-state index in [-0.39, 0.29) is 12.5 Å². The topological polar surface area (TPSA) is 89.6 Å². The predicted molar refractivity (Wildman–Crippen MR) is 42.4 cm³/mol. The Kier molecular flexibility index (Phi) is 3.05. The molecule has 5 nitrogen and oxygen atoms in total. The fourth-order valence-corrected chi connectivity index (χ4v) is 1.76. The Morgan fingerprint density at radius 3 is 2.58 bits per heavy atom. The lowest BCUT2D eigenvalue weighted by Gasteiger charge is -2.12. The molecule has 1 rings (SSSR count). The van der Waals surface area contributed by atoms with Crippen molar-refractivity contribution in [2.45, 2.75) is 25.4 Å². The Hall–Kier alpha value is -0.170. The number of rotatable bonds is 3. The van der Waals surface area contributed by atoms with E-state index in [4.69, 9.17) is 0 Å². The Balaban J connectivity index is 2.32. The van der Waals surface area contributed by atoms with Gasteiger partial charge in [-0.25, -0.2) is 5.14 Å². The van der Waals surface area contributed by atoms with Crippen molar-refractivity contribution in [1.82, 2.24) is 0 Å². The van der Waals surface area contributed by atoms with Crippen molar-refractivity contribution in [3.05, 3.63) is 0 Å². The number of aliphatic hydroxyl groups is 1. The van der Waals surface area contributed by atoms with Crippen LogP contribution in [0.2, 0.25) is 0 Å². The highest BCUT2D eigenvalue weighted by Crippen LogP contribution is 2.25. The number of hydrogen-bond donors (Lipinski definition) is 2.